The van der Waals surface area contributed by atoms with Crippen LogP contribution in [0.1, 0.15) is 26.3 Å². The summed E-state index contributed by atoms with van der Waals surface area (Å²) in [5, 5.41) is 9.49. The minimum absolute atomic E-state index is 0.132. The molecule has 0 saturated heterocycles. The van der Waals surface area contributed by atoms with E-state index < -0.39 is 11.8 Å². The fraction of sp³-hybridized carbons (Fsp3) is 0.0476. The fourth-order valence-electron chi connectivity index (χ4n) is 3.42. The Kier molecular flexibility index (Phi) is 3.21. The third-order valence-electron chi connectivity index (χ3n) is 4.75. The van der Waals surface area contributed by atoms with Crippen LogP contribution in [-0.4, -0.2) is 22.0 Å². The first-order valence-corrected chi connectivity index (χ1v) is 8.45. The third kappa shape index (κ3) is 2.20. The molecule has 0 aliphatic carbocycles. The third-order valence-corrected chi connectivity index (χ3v) is 4.75. The summed E-state index contributed by atoms with van der Waals surface area (Å²) in [6, 6.07) is 18.1. The Morgan fingerprint density at radius 3 is 2.33 bits per heavy atom. The Morgan fingerprint density at radius 2 is 1.56 bits per heavy atom. The van der Waals surface area contributed by atoms with Crippen LogP contribution in [0.25, 0.3) is 22.2 Å². The van der Waals surface area contributed by atoms with E-state index in [1.165, 1.54) is 0 Å². The number of aryl methyl sites for hydroxylation is 1. The van der Waals surface area contributed by atoms with Gasteiger partial charge < -0.3 is 4.42 Å². The lowest BCUT2D eigenvalue weighted by molar-refractivity contribution is 0.0886. The molecule has 0 fully saturated rings. The van der Waals surface area contributed by atoms with Crippen molar-refractivity contribution in [3.8, 4) is 11.5 Å². The molecule has 4 aromatic rings. The molecule has 0 spiro atoms. The average molecular weight is 355 g/mol. The summed E-state index contributed by atoms with van der Waals surface area (Å²) < 4.78 is 5.65. The van der Waals surface area contributed by atoms with Crippen LogP contribution in [0.4, 0.5) is 6.01 Å². The van der Waals surface area contributed by atoms with Crippen molar-refractivity contribution in [1.82, 2.24) is 10.2 Å². The second-order valence-corrected chi connectivity index (χ2v) is 6.36. The zero-order valence-corrected chi connectivity index (χ0v) is 14.3. The Balaban J connectivity index is 1.66. The molecule has 130 valence electrons. The van der Waals surface area contributed by atoms with Gasteiger partial charge in [0, 0.05) is 22.1 Å². The van der Waals surface area contributed by atoms with E-state index in [0.717, 1.165) is 15.8 Å². The molecule has 3 aromatic carbocycles. The van der Waals surface area contributed by atoms with Crippen LogP contribution in [0.3, 0.4) is 0 Å². The van der Waals surface area contributed by atoms with Crippen molar-refractivity contribution in [1.29, 1.82) is 0 Å². The Bertz CT molecular complexity index is 1210. The van der Waals surface area contributed by atoms with Crippen LogP contribution in [-0.2, 0) is 0 Å². The van der Waals surface area contributed by atoms with Crippen molar-refractivity contribution in [3.05, 3.63) is 77.4 Å². The van der Waals surface area contributed by atoms with Gasteiger partial charge in [0.1, 0.15) is 0 Å². The first-order chi connectivity index (χ1) is 13.1. The van der Waals surface area contributed by atoms with E-state index in [2.05, 4.69) is 10.2 Å². The van der Waals surface area contributed by atoms with Crippen molar-refractivity contribution in [2.75, 3.05) is 4.90 Å². The van der Waals surface area contributed by atoms with Gasteiger partial charge in [-0.1, -0.05) is 41.5 Å². The largest absolute Gasteiger partial charge is 0.403 e. The Hall–Kier alpha value is -3.80. The highest BCUT2D eigenvalue weighted by Gasteiger charge is 2.37. The summed E-state index contributed by atoms with van der Waals surface area (Å²) in [6.45, 7) is 1.95. The number of carbonyl (C=O) groups is 2. The van der Waals surface area contributed by atoms with Gasteiger partial charge in [-0.15, -0.1) is 5.10 Å². The molecule has 1 aliphatic rings. The zero-order valence-electron chi connectivity index (χ0n) is 14.3. The maximum Gasteiger partial charge on any atom is 0.332 e. The highest BCUT2D eigenvalue weighted by molar-refractivity contribution is 6.35. The molecule has 1 aromatic heterocycles. The Labute approximate surface area is 154 Å². The van der Waals surface area contributed by atoms with E-state index in [9.17, 15) is 9.59 Å². The molecule has 0 N–H and O–H groups in total. The monoisotopic (exact) mass is 355 g/mol. The molecule has 6 nitrogen and oxygen atoms in total. The number of amides is 2. The first-order valence-electron chi connectivity index (χ1n) is 8.45. The number of rotatable bonds is 2. The van der Waals surface area contributed by atoms with Crippen LogP contribution >= 0.6 is 0 Å². The summed E-state index contributed by atoms with van der Waals surface area (Å²) in [6.07, 6.45) is 0. The van der Waals surface area contributed by atoms with Gasteiger partial charge in [-0.3, -0.25) is 9.59 Å². The molecule has 0 atom stereocenters. The van der Waals surface area contributed by atoms with Crippen LogP contribution < -0.4 is 4.90 Å². The van der Waals surface area contributed by atoms with E-state index in [1.807, 2.05) is 55.5 Å². The molecule has 2 heterocycles. The molecule has 5 rings (SSSR count). The van der Waals surface area contributed by atoms with Gasteiger partial charge in [0.25, 0.3) is 11.8 Å². The minimum atomic E-state index is -0.466. The van der Waals surface area contributed by atoms with Gasteiger partial charge in [-0.05, 0) is 42.1 Å². The summed E-state index contributed by atoms with van der Waals surface area (Å²) >= 11 is 0. The second kappa shape index (κ2) is 5.60. The van der Waals surface area contributed by atoms with Gasteiger partial charge in [0.05, 0.1) is 0 Å². The van der Waals surface area contributed by atoms with Crippen LogP contribution in [0.15, 0.2) is 65.1 Å². The van der Waals surface area contributed by atoms with E-state index in [0.29, 0.717) is 22.1 Å². The maximum absolute atomic E-state index is 13.0. The molecular weight excluding hydrogens is 342 g/mol. The summed E-state index contributed by atoms with van der Waals surface area (Å²) in [7, 11) is 0. The minimum Gasteiger partial charge on any atom is -0.403 e. The molecular formula is C21H13N3O3. The van der Waals surface area contributed by atoms with Crippen LogP contribution in [0.2, 0.25) is 0 Å². The predicted octanol–water partition coefficient (Wildman–Crippen LogP) is 4.00. The van der Waals surface area contributed by atoms with Gasteiger partial charge in [0.15, 0.2) is 0 Å². The second-order valence-electron chi connectivity index (χ2n) is 6.36. The number of carbonyl (C=O) groups excluding carboxylic acids is 2. The molecule has 1 aliphatic heterocycles. The maximum atomic E-state index is 13.0. The number of benzene rings is 3. The van der Waals surface area contributed by atoms with Gasteiger partial charge in [-0.2, -0.15) is 4.90 Å². The molecule has 27 heavy (non-hydrogen) atoms. The van der Waals surface area contributed by atoms with Crippen LogP contribution in [0, 0.1) is 6.92 Å². The van der Waals surface area contributed by atoms with Crippen molar-refractivity contribution >= 4 is 28.6 Å². The highest BCUT2D eigenvalue weighted by Crippen LogP contribution is 2.34. The van der Waals surface area contributed by atoms with Crippen molar-refractivity contribution in [3.63, 3.8) is 0 Å². The molecule has 0 unspecified atom stereocenters. The van der Waals surface area contributed by atoms with E-state index in [1.54, 1.807) is 12.1 Å². The standard InChI is InChI=1S/C21H13N3O3/c1-12-10-11-16-17-14(12)8-5-9-15(17)19(25)24(20(16)26)21-23-22-18(27-21)13-6-3-2-4-7-13/h2-11H,1H3. The lowest BCUT2D eigenvalue weighted by Crippen LogP contribution is -2.40. The van der Waals surface area contributed by atoms with Crippen LogP contribution in [0.5, 0.6) is 0 Å². The van der Waals surface area contributed by atoms with Crippen molar-refractivity contribution < 1.29 is 14.0 Å². The van der Waals surface area contributed by atoms with E-state index >= 15 is 0 Å². The lowest BCUT2D eigenvalue weighted by atomic mass is 9.92. The number of hydrogen-bond donors (Lipinski definition) is 0. The topological polar surface area (TPSA) is 76.3 Å². The fourth-order valence-corrected chi connectivity index (χ4v) is 3.42. The smallest absolute Gasteiger partial charge is 0.332 e. The zero-order chi connectivity index (χ0) is 18.5. The number of hydrogen-bond acceptors (Lipinski definition) is 5. The quantitative estimate of drug-likeness (QED) is 0.508. The normalized spacial score (nSPS) is 13.4. The predicted molar refractivity (Wildman–Crippen MR) is 99.6 cm³/mol. The number of imide groups is 1. The first kappa shape index (κ1) is 15.5. The lowest BCUT2D eigenvalue weighted by Gasteiger charge is -2.24. The summed E-state index contributed by atoms with van der Waals surface area (Å²) in [5.41, 5.74) is 2.62. The molecule has 0 bridgehead atoms. The van der Waals surface area contributed by atoms with Crippen molar-refractivity contribution in [2.24, 2.45) is 0 Å². The summed E-state index contributed by atoms with van der Waals surface area (Å²) in [4.78, 5) is 27.0. The molecule has 0 radical (unpaired) electrons. The summed E-state index contributed by atoms with van der Waals surface area (Å²) in [5.74, 6) is -0.682. The van der Waals surface area contributed by atoms with Gasteiger partial charge in [-0.25, -0.2) is 0 Å². The highest BCUT2D eigenvalue weighted by atomic mass is 16.4. The van der Waals surface area contributed by atoms with Gasteiger partial charge >= 0.3 is 6.01 Å². The number of anilines is 1. The van der Waals surface area contributed by atoms with Crippen molar-refractivity contribution in [2.45, 2.75) is 6.92 Å². The average Bonchev–Trinajstić information content (AvgIpc) is 3.18. The van der Waals surface area contributed by atoms with E-state index in [4.69, 9.17) is 4.42 Å². The molecule has 2 amide bonds. The SMILES string of the molecule is Cc1ccc2c3c(cccc13)C(=O)N(c1nnc(-c3ccccc3)o1)C2=O. The molecule has 6 heteroatoms. The number of aromatic nitrogens is 2. The molecule has 0 saturated carbocycles. The van der Waals surface area contributed by atoms with E-state index in [-0.39, 0.29) is 11.9 Å². The van der Waals surface area contributed by atoms with Gasteiger partial charge in [0.2, 0.25) is 5.89 Å². The Morgan fingerprint density at radius 1 is 0.815 bits per heavy atom. The number of nitrogens with zero attached hydrogens (tertiary/aromatic N) is 3.